The van der Waals surface area contributed by atoms with Crippen molar-refractivity contribution in [3.05, 3.63) is 156 Å². The van der Waals surface area contributed by atoms with E-state index in [1.54, 1.807) is 24.3 Å². The number of hydrogen-bond acceptors (Lipinski definition) is 4. The van der Waals surface area contributed by atoms with Gasteiger partial charge < -0.3 is 9.47 Å². The Balaban J connectivity index is 1.75. The average Bonchev–Trinajstić information content (AvgIpc) is 2.92. The van der Waals surface area contributed by atoms with Crippen LogP contribution in [0.5, 0.6) is 11.5 Å². The highest BCUT2D eigenvalue weighted by molar-refractivity contribution is 5.84. The minimum atomic E-state index is -0.632. The van der Waals surface area contributed by atoms with E-state index in [1.807, 2.05) is 24.3 Å². The van der Waals surface area contributed by atoms with Crippen molar-refractivity contribution in [2.24, 2.45) is 0 Å². The first-order chi connectivity index (χ1) is 17.6. The standard InChI is InChI=1S/C32H24O4/c1-3-30(33)35-26-17-13-24(14-18-26)32(25-15-19-27(20-16-25)36-31(34)4-2)28-11-7-5-9-22(28)21-23-10-6-8-12-29(23)32/h3-20H,1-2,21H2. The zero-order chi connectivity index (χ0) is 25.1. The number of carbonyl (C=O) groups is 2. The largest absolute Gasteiger partial charge is 0.423 e. The fraction of sp³-hybridized carbons (Fsp3) is 0.0625. The minimum absolute atomic E-state index is 0.447. The first-order valence-electron chi connectivity index (χ1n) is 11.6. The molecule has 4 aromatic carbocycles. The van der Waals surface area contributed by atoms with Crippen LogP contribution < -0.4 is 9.47 Å². The summed E-state index contributed by atoms with van der Waals surface area (Å²) in [5.41, 5.74) is 6.24. The third-order valence-electron chi connectivity index (χ3n) is 6.57. The molecule has 0 heterocycles. The van der Waals surface area contributed by atoms with Crippen molar-refractivity contribution in [2.45, 2.75) is 11.8 Å². The average molecular weight is 473 g/mol. The fourth-order valence-electron chi connectivity index (χ4n) is 5.08. The van der Waals surface area contributed by atoms with Crippen LogP contribution in [-0.2, 0) is 21.4 Å². The van der Waals surface area contributed by atoms with Crippen LogP contribution in [0, 0.1) is 0 Å². The molecule has 176 valence electrons. The first kappa shape index (κ1) is 23.1. The van der Waals surface area contributed by atoms with E-state index >= 15 is 0 Å². The van der Waals surface area contributed by atoms with Crippen LogP contribution in [-0.4, -0.2) is 11.9 Å². The van der Waals surface area contributed by atoms with Crippen molar-refractivity contribution in [2.75, 3.05) is 0 Å². The quantitative estimate of drug-likeness (QED) is 0.169. The lowest BCUT2D eigenvalue weighted by molar-refractivity contribution is -0.129. The predicted octanol–water partition coefficient (Wildman–Crippen LogP) is 6.16. The summed E-state index contributed by atoms with van der Waals surface area (Å²) < 4.78 is 10.7. The molecule has 0 bridgehead atoms. The molecule has 0 saturated carbocycles. The lowest BCUT2D eigenvalue weighted by Crippen LogP contribution is -2.36. The summed E-state index contributed by atoms with van der Waals surface area (Å²) in [5.74, 6) is -0.114. The highest BCUT2D eigenvalue weighted by atomic mass is 16.5. The number of ether oxygens (including phenoxy) is 2. The van der Waals surface area contributed by atoms with E-state index in [9.17, 15) is 9.59 Å². The Bertz CT molecular complexity index is 1350. The molecule has 0 amide bonds. The Hall–Kier alpha value is -4.70. The Morgan fingerprint density at radius 1 is 0.611 bits per heavy atom. The van der Waals surface area contributed by atoms with Crippen LogP contribution in [0.15, 0.2) is 122 Å². The van der Waals surface area contributed by atoms with Gasteiger partial charge in [-0.1, -0.05) is 86.0 Å². The molecule has 0 atom stereocenters. The molecule has 36 heavy (non-hydrogen) atoms. The topological polar surface area (TPSA) is 52.6 Å². The molecule has 1 aliphatic carbocycles. The number of hydrogen-bond donors (Lipinski definition) is 0. The summed E-state index contributed by atoms with van der Waals surface area (Å²) in [4.78, 5) is 23.5. The molecule has 5 rings (SSSR count). The molecule has 0 aliphatic heterocycles. The smallest absolute Gasteiger partial charge is 0.335 e. The molecule has 0 N–H and O–H groups in total. The monoisotopic (exact) mass is 472 g/mol. The zero-order valence-electron chi connectivity index (χ0n) is 19.6. The number of rotatable bonds is 6. The Kier molecular flexibility index (Phi) is 6.09. The zero-order valence-corrected chi connectivity index (χ0v) is 19.6. The van der Waals surface area contributed by atoms with Crippen molar-refractivity contribution in [1.82, 2.24) is 0 Å². The van der Waals surface area contributed by atoms with E-state index in [-0.39, 0.29) is 0 Å². The molecule has 0 saturated heterocycles. The van der Waals surface area contributed by atoms with Gasteiger partial charge in [-0.15, -0.1) is 0 Å². The van der Waals surface area contributed by atoms with Crippen molar-refractivity contribution in [1.29, 1.82) is 0 Å². The Morgan fingerprint density at radius 3 is 1.39 bits per heavy atom. The van der Waals surface area contributed by atoms with Crippen LogP contribution in [0.25, 0.3) is 0 Å². The molecule has 0 aromatic heterocycles. The summed E-state index contributed by atoms with van der Waals surface area (Å²) in [6.45, 7) is 6.94. The molecule has 4 nitrogen and oxygen atoms in total. The van der Waals surface area contributed by atoms with Gasteiger partial charge in [0.2, 0.25) is 0 Å². The van der Waals surface area contributed by atoms with E-state index in [4.69, 9.17) is 9.47 Å². The van der Waals surface area contributed by atoms with Crippen LogP contribution in [0.1, 0.15) is 33.4 Å². The van der Waals surface area contributed by atoms with Crippen molar-refractivity contribution in [3.8, 4) is 11.5 Å². The molecule has 4 aromatic rings. The second kappa shape index (κ2) is 9.51. The van der Waals surface area contributed by atoms with Crippen molar-refractivity contribution >= 4 is 11.9 Å². The molecular weight excluding hydrogens is 448 g/mol. The van der Waals surface area contributed by atoms with Gasteiger partial charge >= 0.3 is 11.9 Å². The van der Waals surface area contributed by atoms with Crippen molar-refractivity contribution in [3.63, 3.8) is 0 Å². The Morgan fingerprint density at radius 2 is 1.00 bits per heavy atom. The molecular formula is C32H24O4. The number of benzene rings is 4. The molecule has 0 fully saturated rings. The second-order valence-corrected chi connectivity index (χ2v) is 8.54. The number of carbonyl (C=O) groups excluding carboxylic acids is 2. The Labute approximate surface area is 210 Å². The van der Waals surface area contributed by atoms with Gasteiger partial charge in [0.25, 0.3) is 0 Å². The van der Waals surface area contributed by atoms with Crippen LogP contribution >= 0.6 is 0 Å². The minimum Gasteiger partial charge on any atom is -0.423 e. The normalized spacial score (nSPS) is 13.0. The van der Waals surface area contributed by atoms with E-state index in [2.05, 4.69) is 61.7 Å². The maximum Gasteiger partial charge on any atom is 0.335 e. The highest BCUT2D eigenvalue weighted by Gasteiger charge is 2.43. The van der Waals surface area contributed by atoms with Gasteiger partial charge in [-0.25, -0.2) is 9.59 Å². The van der Waals surface area contributed by atoms with E-state index < -0.39 is 17.4 Å². The van der Waals surface area contributed by atoms with E-state index in [0.29, 0.717) is 11.5 Å². The lowest BCUT2D eigenvalue weighted by atomic mass is 9.60. The van der Waals surface area contributed by atoms with Gasteiger partial charge in [0.05, 0.1) is 5.41 Å². The summed E-state index contributed by atoms with van der Waals surface area (Å²) in [6, 6.07) is 32.1. The molecule has 0 radical (unpaired) electrons. The van der Waals surface area contributed by atoms with Gasteiger partial charge in [-0.3, -0.25) is 0 Å². The maximum atomic E-state index is 11.7. The number of fused-ring (bicyclic) bond motifs is 2. The lowest BCUT2D eigenvalue weighted by Gasteiger charge is -2.42. The molecule has 0 spiro atoms. The summed E-state index contributed by atoms with van der Waals surface area (Å²) in [6.07, 6.45) is 3.12. The summed E-state index contributed by atoms with van der Waals surface area (Å²) >= 11 is 0. The molecule has 4 heteroatoms. The highest BCUT2D eigenvalue weighted by Crippen LogP contribution is 2.51. The third kappa shape index (κ3) is 3.93. The first-order valence-corrected chi connectivity index (χ1v) is 11.6. The van der Waals surface area contributed by atoms with Crippen LogP contribution in [0.2, 0.25) is 0 Å². The SMILES string of the molecule is C=CC(=O)Oc1ccc(C2(c3ccc(OC(=O)C=C)cc3)c3ccccc3Cc3ccccc32)cc1. The molecule has 1 aliphatic rings. The molecule has 0 unspecified atom stereocenters. The van der Waals surface area contributed by atoms with Gasteiger partial charge in [0.1, 0.15) is 11.5 Å². The van der Waals surface area contributed by atoms with Gasteiger partial charge in [-0.2, -0.15) is 0 Å². The van der Waals surface area contributed by atoms with Gasteiger partial charge in [-0.05, 0) is 64.1 Å². The second-order valence-electron chi connectivity index (χ2n) is 8.54. The summed E-state index contributed by atoms with van der Waals surface area (Å²) in [5, 5.41) is 0. The van der Waals surface area contributed by atoms with E-state index in [1.165, 1.54) is 22.3 Å². The van der Waals surface area contributed by atoms with Gasteiger partial charge in [0, 0.05) is 12.2 Å². The van der Waals surface area contributed by atoms with Crippen molar-refractivity contribution < 1.29 is 19.1 Å². The number of esters is 2. The third-order valence-corrected chi connectivity index (χ3v) is 6.57. The fourth-order valence-corrected chi connectivity index (χ4v) is 5.08. The summed E-state index contributed by atoms with van der Waals surface area (Å²) in [7, 11) is 0. The maximum absolute atomic E-state index is 11.7. The van der Waals surface area contributed by atoms with Crippen LogP contribution in [0.3, 0.4) is 0 Å². The van der Waals surface area contributed by atoms with E-state index in [0.717, 1.165) is 29.7 Å². The van der Waals surface area contributed by atoms with Crippen LogP contribution in [0.4, 0.5) is 0 Å². The van der Waals surface area contributed by atoms with Gasteiger partial charge in [0.15, 0.2) is 0 Å². The predicted molar refractivity (Wildman–Crippen MR) is 139 cm³/mol.